The average Bonchev–Trinajstić information content (AvgIpc) is 3.46. The molecule has 2 aliphatic rings. The fraction of sp³-hybridized carbons (Fsp3) is 0.556. The number of nitrogens with zero attached hydrogens (tertiary/aromatic N) is 5. The fourth-order valence-electron chi connectivity index (χ4n) is 3.20. The van der Waals surface area contributed by atoms with Crippen LogP contribution >= 0.6 is 0 Å². The number of carbonyl (C=O) groups excluding carboxylic acids is 1. The molecule has 0 atom stereocenters. The molecule has 0 N–H and O–H groups in total. The zero-order valence-electron chi connectivity index (χ0n) is 14.9. The topological polar surface area (TPSA) is 84.6 Å². The number of aromatic nitrogens is 3. The second kappa shape index (κ2) is 7.41. The molecule has 8 heteroatoms. The SMILES string of the molecule is COc1cc(C(=O)N2CCCN(Cc3nc(C4CC4)no3)CC2)ccn1. The van der Waals surface area contributed by atoms with E-state index < -0.39 is 0 Å². The summed E-state index contributed by atoms with van der Waals surface area (Å²) < 4.78 is 10.5. The van der Waals surface area contributed by atoms with Crippen LogP contribution in [0.2, 0.25) is 0 Å². The summed E-state index contributed by atoms with van der Waals surface area (Å²) in [5, 5.41) is 4.07. The molecular weight excluding hydrogens is 334 g/mol. The molecule has 1 saturated carbocycles. The quantitative estimate of drug-likeness (QED) is 0.805. The number of hydrogen-bond donors (Lipinski definition) is 0. The van der Waals surface area contributed by atoms with Crippen molar-refractivity contribution < 1.29 is 14.1 Å². The van der Waals surface area contributed by atoms with Gasteiger partial charge in [-0.2, -0.15) is 4.98 Å². The third kappa shape index (κ3) is 3.85. The highest BCUT2D eigenvalue weighted by Crippen LogP contribution is 2.38. The van der Waals surface area contributed by atoms with Crippen molar-refractivity contribution in [3.05, 3.63) is 35.6 Å². The first-order valence-corrected chi connectivity index (χ1v) is 9.07. The Morgan fingerprint density at radius 3 is 3.00 bits per heavy atom. The molecule has 1 saturated heterocycles. The maximum atomic E-state index is 12.8. The van der Waals surface area contributed by atoms with Crippen molar-refractivity contribution in [1.29, 1.82) is 0 Å². The molecule has 0 unspecified atom stereocenters. The molecule has 0 radical (unpaired) electrons. The van der Waals surface area contributed by atoms with E-state index >= 15 is 0 Å². The molecule has 1 aliphatic heterocycles. The highest BCUT2D eigenvalue weighted by molar-refractivity contribution is 5.94. The lowest BCUT2D eigenvalue weighted by molar-refractivity contribution is 0.0760. The van der Waals surface area contributed by atoms with Crippen molar-refractivity contribution in [2.45, 2.75) is 31.7 Å². The van der Waals surface area contributed by atoms with Crippen molar-refractivity contribution in [3.8, 4) is 5.88 Å². The van der Waals surface area contributed by atoms with Gasteiger partial charge in [-0.1, -0.05) is 5.16 Å². The summed E-state index contributed by atoms with van der Waals surface area (Å²) in [6.45, 7) is 3.74. The number of ether oxygens (including phenoxy) is 1. The Balaban J connectivity index is 1.35. The van der Waals surface area contributed by atoms with Crippen LogP contribution < -0.4 is 4.74 Å². The van der Waals surface area contributed by atoms with E-state index in [2.05, 4.69) is 20.0 Å². The molecule has 8 nitrogen and oxygen atoms in total. The first-order valence-electron chi connectivity index (χ1n) is 9.07. The molecule has 0 bridgehead atoms. The Bertz CT molecular complexity index is 774. The molecule has 1 amide bonds. The summed E-state index contributed by atoms with van der Waals surface area (Å²) in [6, 6.07) is 3.41. The Kier molecular flexibility index (Phi) is 4.83. The number of methoxy groups -OCH3 is 1. The van der Waals surface area contributed by atoms with Gasteiger partial charge in [-0.15, -0.1) is 0 Å². The minimum Gasteiger partial charge on any atom is -0.481 e. The number of carbonyl (C=O) groups is 1. The van der Waals surface area contributed by atoms with Crippen molar-refractivity contribution >= 4 is 5.91 Å². The second-order valence-electron chi connectivity index (χ2n) is 6.83. The smallest absolute Gasteiger partial charge is 0.254 e. The van der Waals surface area contributed by atoms with Gasteiger partial charge in [0.25, 0.3) is 5.91 Å². The van der Waals surface area contributed by atoms with Crippen LogP contribution in [0.4, 0.5) is 0 Å². The van der Waals surface area contributed by atoms with Crippen LogP contribution in [-0.4, -0.2) is 64.1 Å². The van der Waals surface area contributed by atoms with Crippen molar-refractivity contribution in [1.82, 2.24) is 24.9 Å². The fourth-order valence-corrected chi connectivity index (χ4v) is 3.20. The van der Waals surface area contributed by atoms with Gasteiger partial charge in [-0.05, 0) is 25.3 Å². The zero-order valence-corrected chi connectivity index (χ0v) is 14.9. The molecule has 1 aliphatic carbocycles. The molecular formula is C18H23N5O3. The summed E-state index contributed by atoms with van der Waals surface area (Å²) in [4.78, 5) is 25.5. The Hall–Kier alpha value is -2.48. The minimum atomic E-state index is 0.0151. The summed E-state index contributed by atoms with van der Waals surface area (Å²) in [7, 11) is 1.55. The molecule has 2 aromatic heterocycles. The molecule has 2 fully saturated rings. The lowest BCUT2D eigenvalue weighted by Crippen LogP contribution is -2.35. The summed E-state index contributed by atoms with van der Waals surface area (Å²) >= 11 is 0. The van der Waals surface area contributed by atoms with E-state index in [1.807, 2.05) is 4.90 Å². The van der Waals surface area contributed by atoms with Gasteiger partial charge in [-0.3, -0.25) is 9.69 Å². The highest BCUT2D eigenvalue weighted by atomic mass is 16.5. The predicted molar refractivity (Wildman–Crippen MR) is 92.9 cm³/mol. The zero-order chi connectivity index (χ0) is 17.9. The van der Waals surface area contributed by atoms with Crippen molar-refractivity contribution in [3.63, 3.8) is 0 Å². The van der Waals surface area contributed by atoms with Crippen LogP contribution in [0.15, 0.2) is 22.9 Å². The van der Waals surface area contributed by atoms with E-state index in [1.165, 1.54) is 12.8 Å². The van der Waals surface area contributed by atoms with E-state index in [-0.39, 0.29) is 5.91 Å². The molecule has 26 heavy (non-hydrogen) atoms. The van der Waals surface area contributed by atoms with Gasteiger partial charge in [0, 0.05) is 49.9 Å². The number of amides is 1. The van der Waals surface area contributed by atoms with Gasteiger partial charge in [0.1, 0.15) is 0 Å². The maximum absolute atomic E-state index is 12.8. The molecule has 138 valence electrons. The van der Waals surface area contributed by atoms with Gasteiger partial charge in [0.05, 0.1) is 13.7 Å². The van der Waals surface area contributed by atoms with Crippen molar-refractivity contribution in [2.75, 3.05) is 33.3 Å². The van der Waals surface area contributed by atoms with Crippen LogP contribution in [0.3, 0.4) is 0 Å². The first kappa shape index (κ1) is 17.0. The second-order valence-corrected chi connectivity index (χ2v) is 6.83. The maximum Gasteiger partial charge on any atom is 0.254 e. The van der Waals surface area contributed by atoms with Gasteiger partial charge in [0.2, 0.25) is 11.8 Å². The molecule has 2 aromatic rings. The number of hydrogen-bond acceptors (Lipinski definition) is 7. The molecule has 0 spiro atoms. The minimum absolute atomic E-state index is 0.0151. The van der Waals surface area contributed by atoms with Crippen LogP contribution in [0.1, 0.15) is 47.3 Å². The predicted octanol–water partition coefficient (Wildman–Crippen LogP) is 1.70. The summed E-state index contributed by atoms with van der Waals surface area (Å²) in [6.07, 6.45) is 4.85. The third-order valence-electron chi connectivity index (χ3n) is 4.85. The van der Waals surface area contributed by atoms with E-state index in [0.29, 0.717) is 36.3 Å². The number of pyridine rings is 1. The highest BCUT2D eigenvalue weighted by Gasteiger charge is 2.29. The van der Waals surface area contributed by atoms with Crippen LogP contribution in [-0.2, 0) is 6.54 Å². The van der Waals surface area contributed by atoms with Crippen molar-refractivity contribution in [2.24, 2.45) is 0 Å². The Morgan fingerprint density at radius 1 is 1.31 bits per heavy atom. The largest absolute Gasteiger partial charge is 0.481 e. The Labute approximate surface area is 152 Å². The van der Waals surface area contributed by atoms with Crippen LogP contribution in [0, 0.1) is 0 Å². The standard InChI is InChI=1S/C18H23N5O3/c1-25-15-11-14(5-6-19-15)18(24)23-8-2-7-22(9-10-23)12-16-20-17(21-26-16)13-3-4-13/h5-6,11,13H,2-4,7-10,12H2,1H3. The number of rotatable bonds is 5. The van der Waals surface area contributed by atoms with Gasteiger partial charge >= 0.3 is 0 Å². The molecule has 3 heterocycles. The summed E-state index contributed by atoms with van der Waals surface area (Å²) in [5.41, 5.74) is 0.608. The molecule has 0 aromatic carbocycles. The monoisotopic (exact) mass is 357 g/mol. The van der Waals surface area contributed by atoms with E-state index in [9.17, 15) is 4.79 Å². The average molecular weight is 357 g/mol. The lowest BCUT2D eigenvalue weighted by atomic mass is 10.2. The molecule has 4 rings (SSSR count). The van der Waals surface area contributed by atoms with E-state index in [1.54, 1.807) is 25.4 Å². The van der Waals surface area contributed by atoms with Gasteiger partial charge in [0.15, 0.2) is 5.82 Å². The third-order valence-corrected chi connectivity index (χ3v) is 4.85. The lowest BCUT2D eigenvalue weighted by Gasteiger charge is -2.21. The summed E-state index contributed by atoms with van der Waals surface area (Å²) in [5.74, 6) is 2.49. The van der Waals surface area contributed by atoms with E-state index in [0.717, 1.165) is 31.9 Å². The van der Waals surface area contributed by atoms with Gasteiger partial charge < -0.3 is 14.2 Å². The first-order chi connectivity index (χ1) is 12.7. The van der Waals surface area contributed by atoms with E-state index in [4.69, 9.17) is 9.26 Å². The Morgan fingerprint density at radius 2 is 2.19 bits per heavy atom. The van der Waals surface area contributed by atoms with Crippen LogP contribution in [0.25, 0.3) is 0 Å². The van der Waals surface area contributed by atoms with Crippen LogP contribution in [0.5, 0.6) is 5.88 Å². The normalized spacial score (nSPS) is 18.6. The van der Waals surface area contributed by atoms with Gasteiger partial charge in [-0.25, -0.2) is 4.98 Å².